The number of rotatable bonds is 6. The van der Waals surface area contributed by atoms with Crippen molar-refractivity contribution in [3.05, 3.63) is 16.1 Å². The molecule has 0 aliphatic carbocycles. The zero-order chi connectivity index (χ0) is 16.2. The van der Waals surface area contributed by atoms with Crippen molar-refractivity contribution >= 4 is 34.8 Å². The Kier molecular flexibility index (Phi) is 6.16. The summed E-state index contributed by atoms with van der Waals surface area (Å²) in [7, 11) is 1.31. The van der Waals surface area contributed by atoms with E-state index in [9.17, 15) is 9.59 Å². The molecule has 0 bridgehead atoms. The Labute approximate surface area is 134 Å². The molecule has 118 valence electrons. The van der Waals surface area contributed by atoms with E-state index in [0.29, 0.717) is 11.6 Å². The van der Waals surface area contributed by atoms with Crippen molar-refractivity contribution in [1.82, 2.24) is 9.88 Å². The minimum Gasteiger partial charge on any atom is -0.464 e. The Morgan fingerprint density at radius 3 is 2.57 bits per heavy atom. The van der Waals surface area contributed by atoms with Crippen molar-refractivity contribution in [1.29, 1.82) is 0 Å². The van der Waals surface area contributed by atoms with Gasteiger partial charge in [-0.25, -0.2) is 9.78 Å². The summed E-state index contributed by atoms with van der Waals surface area (Å²) in [4.78, 5) is 29.9. The highest BCUT2D eigenvalue weighted by Gasteiger charge is 2.33. The van der Waals surface area contributed by atoms with E-state index < -0.39 is 11.4 Å². The first-order valence-electron chi connectivity index (χ1n) is 6.62. The zero-order valence-electron chi connectivity index (χ0n) is 13.0. The predicted octanol–water partition coefficient (Wildman–Crippen LogP) is 2.93. The smallest absolute Gasteiger partial charge is 0.357 e. The molecule has 0 aliphatic rings. The second kappa shape index (κ2) is 7.22. The van der Waals surface area contributed by atoms with Gasteiger partial charge in [-0.05, 0) is 27.7 Å². The number of alkyl halides is 1. The van der Waals surface area contributed by atoms with Gasteiger partial charge in [-0.15, -0.1) is 22.9 Å². The zero-order valence-corrected chi connectivity index (χ0v) is 14.5. The average molecular weight is 333 g/mol. The number of ether oxygens (including phenoxy) is 1. The summed E-state index contributed by atoms with van der Waals surface area (Å²) in [5.74, 6) is -0.247. The molecule has 0 radical (unpaired) electrons. The van der Waals surface area contributed by atoms with Gasteiger partial charge in [-0.3, -0.25) is 4.79 Å². The van der Waals surface area contributed by atoms with Crippen molar-refractivity contribution in [2.45, 2.75) is 40.3 Å². The van der Waals surface area contributed by atoms with Crippen LogP contribution in [0.3, 0.4) is 0 Å². The second-order valence-corrected chi connectivity index (χ2v) is 6.87. The summed E-state index contributed by atoms with van der Waals surface area (Å²) in [5.41, 5.74) is -0.362. The number of esters is 1. The molecule has 0 fully saturated rings. The second-order valence-electron chi connectivity index (χ2n) is 5.66. The van der Waals surface area contributed by atoms with E-state index in [1.54, 1.807) is 10.3 Å². The lowest BCUT2D eigenvalue weighted by Crippen LogP contribution is -2.45. The molecule has 0 saturated heterocycles. The number of carbonyl (C=O) groups is 2. The average Bonchev–Trinajstić information content (AvgIpc) is 2.91. The molecule has 0 spiro atoms. The number of nitrogens with zero attached hydrogens (tertiary/aromatic N) is 2. The number of halogens is 1. The Morgan fingerprint density at radius 2 is 2.10 bits per heavy atom. The van der Waals surface area contributed by atoms with Gasteiger partial charge in [0.1, 0.15) is 5.01 Å². The van der Waals surface area contributed by atoms with Crippen LogP contribution in [-0.2, 0) is 16.1 Å². The van der Waals surface area contributed by atoms with Crippen LogP contribution in [0.5, 0.6) is 0 Å². The van der Waals surface area contributed by atoms with Crippen LogP contribution in [0.4, 0.5) is 0 Å². The van der Waals surface area contributed by atoms with Crippen LogP contribution >= 0.6 is 22.9 Å². The summed E-state index contributed by atoms with van der Waals surface area (Å²) >= 11 is 7.22. The van der Waals surface area contributed by atoms with Crippen molar-refractivity contribution in [3.63, 3.8) is 0 Å². The molecular formula is C14H21ClN2O3S. The molecule has 1 amide bonds. The molecule has 0 N–H and O–H groups in total. The molecular weight excluding hydrogens is 312 g/mol. The third-order valence-corrected chi connectivity index (χ3v) is 4.55. The molecule has 0 saturated carbocycles. The third kappa shape index (κ3) is 4.41. The first-order valence-corrected chi connectivity index (χ1v) is 8.04. The molecule has 1 heterocycles. The maximum Gasteiger partial charge on any atom is 0.357 e. The molecule has 0 aliphatic heterocycles. The van der Waals surface area contributed by atoms with Crippen LogP contribution in [0.2, 0.25) is 0 Å². The summed E-state index contributed by atoms with van der Waals surface area (Å²) < 4.78 is 4.63. The normalized spacial score (nSPS) is 11.6. The van der Waals surface area contributed by atoms with Crippen molar-refractivity contribution in [2.75, 3.05) is 13.0 Å². The predicted molar refractivity (Wildman–Crippen MR) is 83.6 cm³/mol. The van der Waals surface area contributed by atoms with Crippen LogP contribution in [-0.4, -0.2) is 40.8 Å². The molecule has 0 unspecified atom stereocenters. The third-order valence-electron chi connectivity index (χ3n) is 3.05. The molecule has 1 aromatic heterocycles. The van der Waals surface area contributed by atoms with Crippen molar-refractivity contribution < 1.29 is 14.3 Å². The summed E-state index contributed by atoms with van der Waals surface area (Å²) in [6, 6.07) is 0.0190. The molecule has 5 nitrogen and oxygen atoms in total. The Hall–Kier alpha value is -1.14. The first-order chi connectivity index (χ1) is 9.72. The van der Waals surface area contributed by atoms with E-state index in [0.717, 1.165) is 0 Å². The topological polar surface area (TPSA) is 59.5 Å². The molecule has 7 heteroatoms. The monoisotopic (exact) mass is 332 g/mol. The fourth-order valence-corrected chi connectivity index (χ4v) is 2.54. The standard InChI is InChI=1S/C14H21ClN2O3S/c1-9(2)17(13(19)14(3,4)8-15)6-11-16-10(7-21-11)12(18)20-5/h7,9H,6,8H2,1-5H3. The summed E-state index contributed by atoms with van der Waals surface area (Å²) in [5, 5.41) is 2.33. The lowest BCUT2D eigenvalue weighted by molar-refractivity contribution is -0.141. The maximum absolute atomic E-state index is 12.6. The highest BCUT2D eigenvalue weighted by atomic mass is 35.5. The number of aromatic nitrogens is 1. The van der Waals surface area contributed by atoms with Crippen LogP contribution in [0, 0.1) is 5.41 Å². The van der Waals surface area contributed by atoms with Crippen molar-refractivity contribution in [3.8, 4) is 0 Å². The SMILES string of the molecule is COC(=O)c1csc(CN(C(=O)C(C)(C)CCl)C(C)C)n1. The quantitative estimate of drug-likeness (QED) is 0.593. The lowest BCUT2D eigenvalue weighted by Gasteiger charge is -2.33. The van der Waals surface area contributed by atoms with E-state index in [2.05, 4.69) is 9.72 Å². The fraction of sp³-hybridized carbons (Fsp3) is 0.643. The van der Waals surface area contributed by atoms with Gasteiger partial charge in [0.05, 0.1) is 19.1 Å². The van der Waals surface area contributed by atoms with Crippen LogP contribution in [0.25, 0.3) is 0 Å². The highest BCUT2D eigenvalue weighted by Crippen LogP contribution is 2.24. The van der Waals surface area contributed by atoms with Crippen molar-refractivity contribution in [2.24, 2.45) is 5.41 Å². The molecule has 21 heavy (non-hydrogen) atoms. The minimum absolute atomic E-state index is 0.0190. The Balaban J connectivity index is 2.92. The van der Waals surface area contributed by atoms with Gasteiger partial charge in [-0.2, -0.15) is 0 Å². The number of hydrogen-bond donors (Lipinski definition) is 0. The number of thiazole rings is 1. The van der Waals surface area contributed by atoms with Crippen LogP contribution in [0.15, 0.2) is 5.38 Å². The largest absolute Gasteiger partial charge is 0.464 e. The van der Waals surface area contributed by atoms with E-state index in [-0.39, 0.29) is 23.5 Å². The fourth-order valence-electron chi connectivity index (χ4n) is 1.66. The van der Waals surface area contributed by atoms with E-state index in [4.69, 9.17) is 11.6 Å². The van der Waals surface area contributed by atoms with Gasteiger partial charge in [0.25, 0.3) is 0 Å². The Bertz CT molecular complexity index is 514. The van der Waals surface area contributed by atoms with Gasteiger partial charge < -0.3 is 9.64 Å². The number of carbonyl (C=O) groups excluding carboxylic acids is 2. The van der Waals surface area contributed by atoms with E-state index in [1.165, 1.54) is 18.4 Å². The number of hydrogen-bond acceptors (Lipinski definition) is 5. The summed E-state index contributed by atoms with van der Waals surface area (Å²) in [6.45, 7) is 7.88. The lowest BCUT2D eigenvalue weighted by atomic mass is 9.93. The van der Waals surface area contributed by atoms with Crippen LogP contribution < -0.4 is 0 Å². The maximum atomic E-state index is 12.6. The summed E-state index contributed by atoms with van der Waals surface area (Å²) in [6.07, 6.45) is 0. The molecule has 0 aromatic carbocycles. The first kappa shape index (κ1) is 17.9. The van der Waals surface area contributed by atoms with Gasteiger partial charge in [0, 0.05) is 17.3 Å². The highest BCUT2D eigenvalue weighted by molar-refractivity contribution is 7.09. The van der Waals surface area contributed by atoms with E-state index in [1.807, 2.05) is 27.7 Å². The molecule has 0 atom stereocenters. The number of amides is 1. The van der Waals surface area contributed by atoms with Gasteiger partial charge in [-0.1, -0.05) is 0 Å². The number of methoxy groups -OCH3 is 1. The minimum atomic E-state index is -0.631. The van der Waals surface area contributed by atoms with Gasteiger partial charge in [0.15, 0.2) is 5.69 Å². The van der Waals surface area contributed by atoms with Crippen LogP contribution in [0.1, 0.15) is 43.2 Å². The molecule has 1 rings (SSSR count). The Morgan fingerprint density at radius 1 is 1.48 bits per heavy atom. The van der Waals surface area contributed by atoms with E-state index >= 15 is 0 Å². The molecule has 1 aromatic rings. The van der Waals surface area contributed by atoms with Gasteiger partial charge in [0.2, 0.25) is 5.91 Å². The van der Waals surface area contributed by atoms with Gasteiger partial charge >= 0.3 is 5.97 Å².